The van der Waals surface area contributed by atoms with Gasteiger partial charge in [-0.05, 0) is 35.9 Å². The first-order valence-corrected chi connectivity index (χ1v) is 7.98. The smallest absolute Gasteiger partial charge is 0.137 e. The van der Waals surface area contributed by atoms with Gasteiger partial charge >= 0.3 is 0 Å². The maximum absolute atomic E-state index is 5.91. The van der Waals surface area contributed by atoms with Crippen LogP contribution < -0.4 is 5.32 Å². The van der Waals surface area contributed by atoms with Gasteiger partial charge in [-0.3, -0.25) is 0 Å². The Morgan fingerprint density at radius 1 is 0.818 bits per heavy atom. The maximum atomic E-state index is 5.91. The number of hydrogen-bond donors (Lipinski definition) is 1. The third kappa shape index (κ3) is 2.48. The molecule has 4 aromatic rings. The van der Waals surface area contributed by atoms with Gasteiger partial charge in [0.05, 0.1) is 0 Å². The predicted octanol–water partition coefficient (Wildman–Crippen LogP) is 5.96. The number of anilines is 1. The largest absolute Gasteiger partial charge is 0.456 e. The second-order valence-electron chi connectivity index (χ2n) is 5.29. The summed E-state index contributed by atoms with van der Waals surface area (Å²) >= 11 is 3.45. The number of furan rings is 1. The van der Waals surface area contributed by atoms with E-state index in [0.717, 1.165) is 38.6 Å². The molecular formula is C19H14BrNO. The Morgan fingerprint density at radius 2 is 1.59 bits per heavy atom. The lowest BCUT2D eigenvalue weighted by Crippen LogP contribution is -1.98. The monoisotopic (exact) mass is 351 g/mol. The van der Waals surface area contributed by atoms with Crippen molar-refractivity contribution in [1.82, 2.24) is 0 Å². The summed E-state index contributed by atoms with van der Waals surface area (Å²) in [5, 5.41) is 5.76. The van der Waals surface area contributed by atoms with Crippen LogP contribution in [0.3, 0.4) is 0 Å². The molecule has 1 N–H and O–H groups in total. The summed E-state index contributed by atoms with van der Waals surface area (Å²) < 4.78 is 7.01. The molecule has 0 bridgehead atoms. The number of hydrogen-bond acceptors (Lipinski definition) is 2. The molecule has 0 aliphatic heterocycles. The highest BCUT2D eigenvalue weighted by molar-refractivity contribution is 9.10. The fourth-order valence-corrected chi connectivity index (χ4v) is 2.91. The van der Waals surface area contributed by atoms with Crippen molar-refractivity contribution in [2.45, 2.75) is 6.54 Å². The molecule has 1 heterocycles. The first-order valence-electron chi connectivity index (χ1n) is 7.19. The van der Waals surface area contributed by atoms with Crippen molar-refractivity contribution < 1.29 is 4.42 Å². The second-order valence-corrected chi connectivity index (χ2v) is 6.20. The quantitative estimate of drug-likeness (QED) is 0.492. The molecule has 3 aromatic carbocycles. The van der Waals surface area contributed by atoms with Crippen LogP contribution in [-0.2, 0) is 6.54 Å². The SMILES string of the molecule is Brc1ccc(CNc2ccc3c(c2)oc2ccccc23)cc1. The van der Waals surface area contributed by atoms with Crippen molar-refractivity contribution in [2.75, 3.05) is 5.32 Å². The molecule has 0 amide bonds. The zero-order valence-corrected chi connectivity index (χ0v) is 13.4. The van der Waals surface area contributed by atoms with E-state index >= 15 is 0 Å². The lowest BCUT2D eigenvalue weighted by molar-refractivity contribution is 0.669. The van der Waals surface area contributed by atoms with E-state index in [9.17, 15) is 0 Å². The standard InChI is InChI=1S/C19H14BrNO/c20-14-7-5-13(6-8-14)12-21-15-9-10-17-16-3-1-2-4-18(16)22-19(17)11-15/h1-11,21H,12H2. The molecule has 0 unspecified atom stereocenters. The molecule has 22 heavy (non-hydrogen) atoms. The topological polar surface area (TPSA) is 25.2 Å². The zero-order chi connectivity index (χ0) is 14.9. The highest BCUT2D eigenvalue weighted by Crippen LogP contribution is 2.30. The summed E-state index contributed by atoms with van der Waals surface area (Å²) in [6.07, 6.45) is 0. The number of fused-ring (bicyclic) bond motifs is 3. The van der Waals surface area contributed by atoms with E-state index in [2.05, 4.69) is 69.8 Å². The van der Waals surface area contributed by atoms with Crippen LogP contribution in [0.5, 0.6) is 0 Å². The van der Waals surface area contributed by atoms with Gasteiger partial charge in [-0.1, -0.05) is 46.3 Å². The first kappa shape index (κ1) is 13.4. The summed E-state index contributed by atoms with van der Waals surface area (Å²) in [4.78, 5) is 0. The summed E-state index contributed by atoms with van der Waals surface area (Å²) in [5.41, 5.74) is 4.16. The van der Waals surface area contributed by atoms with Gasteiger partial charge in [-0.2, -0.15) is 0 Å². The fraction of sp³-hybridized carbons (Fsp3) is 0.0526. The molecule has 0 aliphatic carbocycles. The van der Waals surface area contributed by atoms with Crippen LogP contribution in [0.1, 0.15) is 5.56 Å². The van der Waals surface area contributed by atoms with Crippen molar-refractivity contribution >= 4 is 43.6 Å². The lowest BCUT2D eigenvalue weighted by Gasteiger charge is -2.06. The van der Waals surface area contributed by atoms with Crippen molar-refractivity contribution in [3.05, 3.63) is 76.8 Å². The molecule has 1 aromatic heterocycles. The van der Waals surface area contributed by atoms with Crippen LogP contribution in [0.25, 0.3) is 21.9 Å². The van der Waals surface area contributed by atoms with Crippen molar-refractivity contribution in [2.24, 2.45) is 0 Å². The minimum absolute atomic E-state index is 0.791. The van der Waals surface area contributed by atoms with Gasteiger partial charge < -0.3 is 9.73 Å². The van der Waals surface area contributed by atoms with Crippen LogP contribution >= 0.6 is 15.9 Å². The van der Waals surface area contributed by atoms with Crippen LogP contribution in [0.15, 0.2) is 75.6 Å². The van der Waals surface area contributed by atoms with E-state index < -0.39 is 0 Å². The summed E-state index contributed by atoms with van der Waals surface area (Å²) in [6.45, 7) is 0.791. The molecule has 108 valence electrons. The van der Waals surface area contributed by atoms with Crippen LogP contribution in [0, 0.1) is 0 Å². The molecule has 0 spiro atoms. The van der Waals surface area contributed by atoms with Gasteiger partial charge in [0.15, 0.2) is 0 Å². The lowest BCUT2D eigenvalue weighted by atomic mass is 10.1. The third-order valence-electron chi connectivity index (χ3n) is 3.79. The number of halogens is 1. The average molecular weight is 352 g/mol. The molecule has 3 heteroatoms. The Morgan fingerprint density at radius 3 is 2.45 bits per heavy atom. The van der Waals surface area contributed by atoms with Crippen molar-refractivity contribution in [1.29, 1.82) is 0 Å². The number of benzene rings is 3. The Kier molecular flexibility index (Phi) is 3.35. The van der Waals surface area contributed by atoms with Crippen molar-refractivity contribution in [3.63, 3.8) is 0 Å². The fourth-order valence-electron chi connectivity index (χ4n) is 2.64. The van der Waals surface area contributed by atoms with E-state index in [1.165, 1.54) is 5.56 Å². The van der Waals surface area contributed by atoms with Crippen LogP contribution in [0.4, 0.5) is 5.69 Å². The summed E-state index contributed by atoms with van der Waals surface area (Å²) in [5.74, 6) is 0. The molecule has 0 aliphatic rings. The van der Waals surface area contributed by atoms with Gasteiger partial charge in [0.1, 0.15) is 11.2 Å². The maximum Gasteiger partial charge on any atom is 0.137 e. The Hall–Kier alpha value is -2.26. The minimum atomic E-state index is 0.791. The van der Waals surface area contributed by atoms with Gasteiger partial charge in [0.25, 0.3) is 0 Å². The van der Waals surface area contributed by atoms with E-state index in [1.807, 2.05) is 18.2 Å². The Bertz CT molecular complexity index is 941. The molecule has 0 radical (unpaired) electrons. The number of para-hydroxylation sites is 1. The Labute approximate surface area is 136 Å². The van der Waals surface area contributed by atoms with Crippen molar-refractivity contribution in [3.8, 4) is 0 Å². The van der Waals surface area contributed by atoms with E-state index in [-0.39, 0.29) is 0 Å². The highest BCUT2D eigenvalue weighted by atomic mass is 79.9. The summed E-state index contributed by atoms with van der Waals surface area (Å²) in [6, 6.07) is 22.7. The molecule has 0 saturated heterocycles. The molecule has 2 nitrogen and oxygen atoms in total. The normalized spacial score (nSPS) is 11.1. The van der Waals surface area contributed by atoms with Crippen LogP contribution in [0.2, 0.25) is 0 Å². The number of nitrogens with one attached hydrogen (secondary N) is 1. The highest BCUT2D eigenvalue weighted by Gasteiger charge is 2.06. The van der Waals surface area contributed by atoms with Crippen LogP contribution in [-0.4, -0.2) is 0 Å². The zero-order valence-electron chi connectivity index (χ0n) is 11.8. The van der Waals surface area contributed by atoms with Gasteiger partial charge in [0.2, 0.25) is 0 Å². The molecule has 4 rings (SSSR count). The summed E-state index contributed by atoms with van der Waals surface area (Å²) in [7, 11) is 0. The first-order chi connectivity index (χ1) is 10.8. The van der Waals surface area contributed by atoms with Gasteiger partial charge in [-0.15, -0.1) is 0 Å². The third-order valence-corrected chi connectivity index (χ3v) is 4.32. The molecular weight excluding hydrogens is 338 g/mol. The van der Waals surface area contributed by atoms with Gasteiger partial charge in [0, 0.05) is 33.5 Å². The second kappa shape index (κ2) is 5.50. The molecule has 0 fully saturated rings. The van der Waals surface area contributed by atoms with Gasteiger partial charge in [-0.25, -0.2) is 0 Å². The Balaban J connectivity index is 1.62. The van der Waals surface area contributed by atoms with E-state index in [0.29, 0.717) is 0 Å². The minimum Gasteiger partial charge on any atom is -0.456 e. The predicted molar refractivity (Wildman–Crippen MR) is 95.2 cm³/mol. The number of rotatable bonds is 3. The van der Waals surface area contributed by atoms with E-state index in [4.69, 9.17) is 4.42 Å². The molecule has 0 atom stereocenters. The molecule has 0 saturated carbocycles. The average Bonchev–Trinajstić information content (AvgIpc) is 2.92. The van der Waals surface area contributed by atoms with E-state index in [1.54, 1.807) is 0 Å².